The van der Waals surface area contributed by atoms with Crippen LogP contribution in [0.1, 0.15) is 74.7 Å². The fraction of sp³-hybridized carbons (Fsp3) is 0.826. The van der Waals surface area contributed by atoms with Crippen LogP contribution in [0.2, 0.25) is 0 Å². The van der Waals surface area contributed by atoms with Crippen molar-refractivity contribution < 1.29 is 42.9 Å². The minimum absolute atomic E-state index is 0.0142. The highest BCUT2D eigenvalue weighted by Crippen LogP contribution is 2.41. The van der Waals surface area contributed by atoms with Crippen LogP contribution in [-0.2, 0) is 42.9 Å². The van der Waals surface area contributed by atoms with Crippen LogP contribution in [0.4, 0.5) is 0 Å². The molecule has 0 amide bonds. The molecule has 9 heteroatoms. The molecule has 1 aliphatic heterocycles. The molecule has 1 unspecified atom stereocenters. The standard InChI is InChI=1S/C23H38O9/c1-10-17(29-14(3)24)13(2)20-16(11-19(26)31-22(5,6)7)18(30-15(4)25)12-23(8,32-20)21(27)28-9/h13,16-18,20H,10-12H2,1-9H3/t13-,16-,17-,18-,20?,23+/m1/s1. The molecule has 0 bridgehead atoms. The third kappa shape index (κ3) is 7.76. The topological polar surface area (TPSA) is 114 Å². The Morgan fingerprint density at radius 3 is 2.16 bits per heavy atom. The summed E-state index contributed by atoms with van der Waals surface area (Å²) in [4.78, 5) is 48.8. The molecule has 0 aromatic carbocycles. The summed E-state index contributed by atoms with van der Waals surface area (Å²) in [5.41, 5.74) is -2.11. The van der Waals surface area contributed by atoms with E-state index in [1.165, 1.54) is 21.0 Å². The molecule has 1 aliphatic rings. The summed E-state index contributed by atoms with van der Waals surface area (Å²) in [5.74, 6) is -3.14. The third-order valence-electron chi connectivity index (χ3n) is 5.47. The number of ether oxygens (including phenoxy) is 5. The highest BCUT2D eigenvalue weighted by Gasteiger charge is 2.54. The SMILES string of the molecule is CC[C@@H](OC(C)=O)[C@@H](C)C1O[C@](C)(C(=O)OC)C[C@@H](OC(C)=O)[C@H]1CC(=O)OC(C)(C)C. The fourth-order valence-electron chi connectivity index (χ4n) is 4.18. The number of carbonyl (C=O) groups is 4. The molecule has 1 fully saturated rings. The zero-order valence-electron chi connectivity index (χ0n) is 20.7. The van der Waals surface area contributed by atoms with Gasteiger partial charge in [0.25, 0.3) is 0 Å². The maximum Gasteiger partial charge on any atom is 0.337 e. The van der Waals surface area contributed by atoms with Gasteiger partial charge in [-0.15, -0.1) is 0 Å². The maximum atomic E-state index is 12.7. The van der Waals surface area contributed by atoms with Crippen LogP contribution in [0.15, 0.2) is 0 Å². The largest absolute Gasteiger partial charge is 0.467 e. The summed E-state index contributed by atoms with van der Waals surface area (Å²) in [6.07, 6.45) is -1.68. The van der Waals surface area contributed by atoms with E-state index in [4.69, 9.17) is 23.7 Å². The molecule has 6 atom stereocenters. The van der Waals surface area contributed by atoms with Gasteiger partial charge in [0.05, 0.1) is 19.6 Å². The van der Waals surface area contributed by atoms with Gasteiger partial charge in [-0.05, 0) is 34.1 Å². The van der Waals surface area contributed by atoms with Gasteiger partial charge in [0.15, 0.2) is 5.60 Å². The van der Waals surface area contributed by atoms with Crippen molar-refractivity contribution in [3.63, 3.8) is 0 Å². The molecule has 0 N–H and O–H groups in total. The summed E-state index contributed by atoms with van der Waals surface area (Å²) in [5, 5.41) is 0. The molecule has 1 heterocycles. The number of rotatable bonds is 8. The predicted octanol–water partition coefficient (Wildman–Crippen LogP) is 2.96. The van der Waals surface area contributed by atoms with E-state index < -0.39 is 65.2 Å². The average molecular weight is 459 g/mol. The van der Waals surface area contributed by atoms with Gasteiger partial charge in [-0.2, -0.15) is 0 Å². The lowest BCUT2D eigenvalue weighted by Crippen LogP contribution is -2.59. The monoisotopic (exact) mass is 458 g/mol. The second-order valence-electron chi connectivity index (χ2n) is 9.53. The highest BCUT2D eigenvalue weighted by atomic mass is 16.6. The van der Waals surface area contributed by atoms with Crippen molar-refractivity contribution in [3.05, 3.63) is 0 Å². The molecule has 184 valence electrons. The van der Waals surface area contributed by atoms with Gasteiger partial charge in [-0.1, -0.05) is 13.8 Å². The first kappa shape index (κ1) is 27.9. The van der Waals surface area contributed by atoms with Crippen molar-refractivity contribution in [3.8, 4) is 0 Å². The summed E-state index contributed by atoms with van der Waals surface area (Å²) in [6, 6.07) is 0. The molecule has 0 aromatic heterocycles. The summed E-state index contributed by atoms with van der Waals surface area (Å²) in [6.45, 7) is 13.1. The molecule has 0 aliphatic carbocycles. The smallest absolute Gasteiger partial charge is 0.337 e. The van der Waals surface area contributed by atoms with E-state index in [0.29, 0.717) is 6.42 Å². The Balaban J connectivity index is 3.41. The minimum Gasteiger partial charge on any atom is -0.467 e. The Morgan fingerprint density at radius 1 is 1.12 bits per heavy atom. The molecule has 0 radical (unpaired) electrons. The summed E-state index contributed by atoms with van der Waals surface area (Å²) < 4.78 is 27.7. The maximum absolute atomic E-state index is 12.7. The van der Waals surface area contributed by atoms with Gasteiger partial charge in [0.2, 0.25) is 0 Å². The molecular formula is C23H38O9. The predicted molar refractivity (Wildman–Crippen MR) is 114 cm³/mol. The zero-order chi connectivity index (χ0) is 24.9. The van der Waals surface area contributed by atoms with E-state index in [-0.39, 0.29) is 12.8 Å². The van der Waals surface area contributed by atoms with Gasteiger partial charge in [0, 0.05) is 32.1 Å². The minimum atomic E-state index is -1.41. The van der Waals surface area contributed by atoms with Gasteiger partial charge < -0.3 is 23.7 Å². The quantitative estimate of drug-likeness (QED) is 0.400. The van der Waals surface area contributed by atoms with Crippen LogP contribution < -0.4 is 0 Å². The number of esters is 4. The molecule has 0 saturated carbocycles. The Bertz CT molecular complexity index is 696. The van der Waals surface area contributed by atoms with Crippen LogP contribution in [0.3, 0.4) is 0 Å². The summed E-state index contributed by atoms with van der Waals surface area (Å²) >= 11 is 0. The Kier molecular flexibility index (Phi) is 9.68. The normalized spacial score (nSPS) is 27.6. The molecule has 32 heavy (non-hydrogen) atoms. The third-order valence-corrected chi connectivity index (χ3v) is 5.47. The van der Waals surface area contributed by atoms with E-state index in [2.05, 4.69) is 0 Å². The van der Waals surface area contributed by atoms with Crippen LogP contribution in [0, 0.1) is 11.8 Å². The highest BCUT2D eigenvalue weighted by molar-refractivity contribution is 5.79. The van der Waals surface area contributed by atoms with E-state index in [0.717, 1.165) is 0 Å². The van der Waals surface area contributed by atoms with Crippen molar-refractivity contribution in [2.24, 2.45) is 11.8 Å². The fourth-order valence-corrected chi connectivity index (χ4v) is 4.18. The zero-order valence-corrected chi connectivity index (χ0v) is 20.7. The Hall–Kier alpha value is -2.16. The van der Waals surface area contributed by atoms with Crippen LogP contribution in [0.25, 0.3) is 0 Å². The van der Waals surface area contributed by atoms with Gasteiger partial charge >= 0.3 is 23.9 Å². The number of carbonyl (C=O) groups excluding carboxylic acids is 4. The van der Waals surface area contributed by atoms with E-state index in [9.17, 15) is 19.2 Å². The van der Waals surface area contributed by atoms with Crippen molar-refractivity contribution in [2.75, 3.05) is 7.11 Å². The first-order valence-electron chi connectivity index (χ1n) is 11.0. The van der Waals surface area contributed by atoms with Crippen molar-refractivity contribution in [1.29, 1.82) is 0 Å². The van der Waals surface area contributed by atoms with Gasteiger partial charge in [-0.25, -0.2) is 4.79 Å². The van der Waals surface area contributed by atoms with Crippen LogP contribution in [-0.4, -0.2) is 60.5 Å². The molecule has 1 rings (SSSR count). The molecule has 0 aromatic rings. The average Bonchev–Trinajstić information content (AvgIpc) is 2.64. The molecule has 9 nitrogen and oxygen atoms in total. The van der Waals surface area contributed by atoms with Crippen molar-refractivity contribution in [1.82, 2.24) is 0 Å². The molecule has 1 saturated heterocycles. The second kappa shape index (κ2) is 11.1. The van der Waals surface area contributed by atoms with Gasteiger partial charge in [-0.3, -0.25) is 14.4 Å². The van der Waals surface area contributed by atoms with Crippen LogP contribution >= 0.6 is 0 Å². The molecule has 0 spiro atoms. The number of hydrogen-bond donors (Lipinski definition) is 0. The first-order valence-corrected chi connectivity index (χ1v) is 11.0. The Morgan fingerprint density at radius 2 is 1.72 bits per heavy atom. The lowest BCUT2D eigenvalue weighted by molar-refractivity contribution is -0.232. The van der Waals surface area contributed by atoms with Crippen LogP contribution in [0.5, 0.6) is 0 Å². The first-order chi connectivity index (χ1) is 14.6. The Labute approximate surface area is 190 Å². The van der Waals surface area contributed by atoms with E-state index in [1.54, 1.807) is 27.7 Å². The van der Waals surface area contributed by atoms with E-state index in [1.807, 2.05) is 13.8 Å². The van der Waals surface area contributed by atoms with Crippen molar-refractivity contribution >= 4 is 23.9 Å². The lowest BCUT2D eigenvalue weighted by Gasteiger charge is -2.48. The second-order valence-corrected chi connectivity index (χ2v) is 9.53. The number of methoxy groups -OCH3 is 1. The van der Waals surface area contributed by atoms with Crippen molar-refractivity contribution in [2.45, 2.75) is 104 Å². The van der Waals surface area contributed by atoms with Gasteiger partial charge in [0.1, 0.15) is 17.8 Å². The number of hydrogen-bond acceptors (Lipinski definition) is 9. The lowest BCUT2D eigenvalue weighted by atomic mass is 9.75. The molecular weight excluding hydrogens is 420 g/mol. The van der Waals surface area contributed by atoms with E-state index >= 15 is 0 Å². The summed E-state index contributed by atoms with van der Waals surface area (Å²) in [7, 11) is 1.25.